The fraction of sp³-hybridized carbons (Fsp3) is 0.500. The Morgan fingerprint density at radius 1 is 1.29 bits per heavy atom. The van der Waals surface area contributed by atoms with Crippen molar-refractivity contribution in [3.63, 3.8) is 0 Å². The summed E-state index contributed by atoms with van der Waals surface area (Å²) < 4.78 is 0. The van der Waals surface area contributed by atoms with Crippen LogP contribution in [0.4, 0.5) is 14.1 Å². The van der Waals surface area contributed by atoms with Crippen molar-refractivity contribution in [3.05, 3.63) is 0 Å². The molecule has 2 N–H and O–H groups in total. The quantitative estimate of drug-likeness (QED) is 0.477. The maximum atomic E-state index is 9.22. The normalized spacial score (nSPS) is 3.57. The highest BCUT2D eigenvalue weighted by Gasteiger charge is 1.61. The van der Waals surface area contributed by atoms with Crippen LogP contribution in [0.2, 0.25) is 0 Å². The van der Waals surface area contributed by atoms with Crippen molar-refractivity contribution >= 4 is 5.91 Å². The molecule has 2 nitrogen and oxygen atoms in total. The molecule has 5 heteroatoms. The van der Waals surface area contributed by atoms with Crippen LogP contribution in [0.3, 0.4) is 0 Å². The predicted molar refractivity (Wildman–Crippen MR) is 22.4 cm³/mol. The van der Waals surface area contributed by atoms with E-state index in [4.69, 9.17) is 0 Å². The summed E-state index contributed by atoms with van der Waals surface area (Å²) in [5.74, 6) is -0.333. The summed E-state index contributed by atoms with van der Waals surface area (Å²) in [5.41, 5.74) is 4.47. The number of hydrogen-bond donors (Lipinski definition) is 1. The molecular formula is C2H8F3NO. The molecule has 0 aliphatic heterocycles. The molecule has 0 atom stereocenters. The monoisotopic (exact) mass is 119 g/mol. The van der Waals surface area contributed by atoms with Gasteiger partial charge in [0, 0.05) is 6.92 Å². The van der Waals surface area contributed by atoms with Crippen molar-refractivity contribution in [3.8, 4) is 0 Å². The smallest absolute Gasteiger partial charge is 0.214 e. The van der Waals surface area contributed by atoms with Gasteiger partial charge in [-0.2, -0.15) is 0 Å². The van der Waals surface area contributed by atoms with Gasteiger partial charge in [-0.3, -0.25) is 18.9 Å². The van der Waals surface area contributed by atoms with Crippen molar-refractivity contribution in [2.75, 3.05) is 0 Å². The number of amides is 1. The van der Waals surface area contributed by atoms with Crippen LogP contribution in [-0.4, -0.2) is 5.91 Å². The van der Waals surface area contributed by atoms with E-state index in [0.717, 1.165) is 0 Å². The Bertz CT molecular complexity index is 35.9. The van der Waals surface area contributed by atoms with E-state index < -0.39 is 0 Å². The number of rotatable bonds is 0. The molecule has 48 valence electrons. The lowest BCUT2D eigenvalue weighted by Gasteiger charge is -1.60. The minimum absolute atomic E-state index is 0. The van der Waals surface area contributed by atoms with Gasteiger partial charge in [-0.15, -0.1) is 0 Å². The summed E-state index contributed by atoms with van der Waals surface area (Å²) in [4.78, 5) is 9.22. The minimum Gasteiger partial charge on any atom is -0.370 e. The highest BCUT2D eigenvalue weighted by atomic mass is 19.0. The molecule has 0 unspecified atom stereocenters. The second-order valence-corrected chi connectivity index (χ2v) is 0.611. The van der Waals surface area contributed by atoms with Crippen LogP contribution >= 0.6 is 0 Å². The van der Waals surface area contributed by atoms with Crippen molar-refractivity contribution in [2.24, 2.45) is 5.73 Å². The van der Waals surface area contributed by atoms with E-state index in [-0.39, 0.29) is 20.0 Å². The molecule has 0 fully saturated rings. The Morgan fingerprint density at radius 3 is 1.29 bits per heavy atom. The first-order chi connectivity index (χ1) is 1.73. The van der Waals surface area contributed by atoms with Crippen molar-refractivity contribution in [2.45, 2.75) is 6.92 Å². The highest BCUT2D eigenvalue weighted by molar-refractivity contribution is 5.70. The number of nitrogens with two attached hydrogens (primary N) is 1. The Labute approximate surface area is 38.8 Å². The molecule has 0 saturated heterocycles. The predicted octanol–water partition coefficient (Wildman–Crippen LogP) is -0.0509. The number of halogens is 3. The highest BCUT2D eigenvalue weighted by Crippen LogP contribution is 1.33. The summed E-state index contributed by atoms with van der Waals surface area (Å²) in [6, 6.07) is 0. The van der Waals surface area contributed by atoms with Crippen molar-refractivity contribution < 1.29 is 18.9 Å². The van der Waals surface area contributed by atoms with E-state index in [1.807, 2.05) is 0 Å². The van der Waals surface area contributed by atoms with E-state index in [9.17, 15) is 4.79 Å². The summed E-state index contributed by atoms with van der Waals surface area (Å²) in [6.07, 6.45) is 0. The molecule has 0 aliphatic rings. The lowest BCUT2D eigenvalue weighted by molar-refractivity contribution is -0.115. The SMILES string of the molecule is CC(N)=O.F.F.F. The zero-order valence-corrected chi connectivity index (χ0v) is 3.71. The standard InChI is InChI=1S/C2H5NO.3FH/c1-2(3)4;;;/h1H3,(H2,3,4);3*1H. The van der Waals surface area contributed by atoms with E-state index >= 15 is 0 Å². The van der Waals surface area contributed by atoms with Crippen LogP contribution in [0, 0.1) is 0 Å². The molecule has 0 aromatic heterocycles. The van der Waals surface area contributed by atoms with Gasteiger partial charge in [0.1, 0.15) is 0 Å². The lowest BCUT2D eigenvalue weighted by atomic mass is 10.8. The zero-order chi connectivity index (χ0) is 3.58. The van der Waals surface area contributed by atoms with E-state index in [2.05, 4.69) is 5.73 Å². The number of primary amides is 1. The first kappa shape index (κ1) is 33.9. The third-order valence-corrected chi connectivity index (χ3v) is 0. The molecule has 0 bridgehead atoms. The maximum Gasteiger partial charge on any atom is 0.214 e. The molecule has 0 heterocycles. The second-order valence-electron chi connectivity index (χ2n) is 0.611. The van der Waals surface area contributed by atoms with Gasteiger partial charge < -0.3 is 5.73 Å². The Balaban J connectivity index is -0.0000000150. The Kier molecular flexibility index (Phi) is 90.5. The molecule has 0 aliphatic carbocycles. The first-order valence-corrected chi connectivity index (χ1v) is 0.993. The van der Waals surface area contributed by atoms with Crippen LogP contribution in [0.1, 0.15) is 6.92 Å². The molecule has 0 aromatic carbocycles. The van der Waals surface area contributed by atoms with Gasteiger partial charge in [0.2, 0.25) is 5.91 Å². The fourth-order valence-corrected chi connectivity index (χ4v) is 0. The molecule has 7 heavy (non-hydrogen) atoms. The van der Waals surface area contributed by atoms with Gasteiger partial charge >= 0.3 is 0 Å². The molecular weight excluding hydrogens is 111 g/mol. The Hall–Kier alpha value is -0.740. The molecule has 1 amide bonds. The van der Waals surface area contributed by atoms with Crippen LogP contribution < -0.4 is 5.73 Å². The number of hydrogen-bond acceptors (Lipinski definition) is 1. The van der Waals surface area contributed by atoms with Gasteiger partial charge in [0.15, 0.2) is 0 Å². The molecule has 0 saturated carbocycles. The average molecular weight is 119 g/mol. The van der Waals surface area contributed by atoms with E-state index in [1.54, 1.807) is 0 Å². The van der Waals surface area contributed by atoms with Gasteiger partial charge in [-0.05, 0) is 0 Å². The fourth-order valence-electron chi connectivity index (χ4n) is 0. The molecule has 0 rings (SSSR count). The van der Waals surface area contributed by atoms with Crippen LogP contribution in [0.25, 0.3) is 0 Å². The van der Waals surface area contributed by atoms with E-state index in [1.165, 1.54) is 6.92 Å². The molecule has 0 radical (unpaired) electrons. The van der Waals surface area contributed by atoms with Crippen LogP contribution in [0.15, 0.2) is 0 Å². The topological polar surface area (TPSA) is 43.1 Å². The third-order valence-electron chi connectivity index (χ3n) is 0. The zero-order valence-electron chi connectivity index (χ0n) is 3.71. The van der Waals surface area contributed by atoms with Gasteiger partial charge in [0.25, 0.3) is 0 Å². The molecule has 0 spiro atoms. The van der Waals surface area contributed by atoms with Crippen LogP contribution in [-0.2, 0) is 4.79 Å². The minimum atomic E-state index is -0.333. The summed E-state index contributed by atoms with van der Waals surface area (Å²) in [6.45, 7) is 1.31. The Morgan fingerprint density at radius 2 is 1.29 bits per heavy atom. The van der Waals surface area contributed by atoms with Crippen LogP contribution in [0.5, 0.6) is 0 Å². The summed E-state index contributed by atoms with van der Waals surface area (Å²) in [7, 11) is 0. The van der Waals surface area contributed by atoms with Gasteiger partial charge in [-0.25, -0.2) is 0 Å². The van der Waals surface area contributed by atoms with Gasteiger partial charge in [-0.1, -0.05) is 0 Å². The van der Waals surface area contributed by atoms with E-state index in [0.29, 0.717) is 0 Å². The summed E-state index contributed by atoms with van der Waals surface area (Å²) >= 11 is 0. The first-order valence-electron chi connectivity index (χ1n) is 0.993. The van der Waals surface area contributed by atoms with Gasteiger partial charge in [0.05, 0.1) is 0 Å². The van der Waals surface area contributed by atoms with Crippen molar-refractivity contribution in [1.82, 2.24) is 0 Å². The summed E-state index contributed by atoms with van der Waals surface area (Å²) in [5, 5.41) is 0. The van der Waals surface area contributed by atoms with Crippen molar-refractivity contribution in [1.29, 1.82) is 0 Å². The lowest BCUT2D eigenvalue weighted by Crippen LogP contribution is -2.01. The number of carbonyl (C=O) groups is 1. The molecule has 0 aromatic rings. The largest absolute Gasteiger partial charge is 0.370 e. The maximum absolute atomic E-state index is 9.22. The number of carbonyl (C=O) groups excluding carboxylic acids is 1. The third kappa shape index (κ3) is 102. The average Bonchev–Trinajstić information content (AvgIpc) is 0.811. The second kappa shape index (κ2) is 18.7.